The number of carbonyl (C=O) groups is 4. The summed E-state index contributed by atoms with van der Waals surface area (Å²) in [6.45, 7) is 4.08. The molecule has 1 aromatic carbocycles. The molecule has 0 saturated carbocycles. The summed E-state index contributed by atoms with van der Waals surface area (Å²) in [6, 6.07) is -0.366. The second-order valence-electron chi connectivity index (χ2n) is 9.01. The number of imide groups is 2. The Hall–Kier alpha value is -3.78. The van der Waals surface area contributed by atoms with Crippen LogP contribution in [0.3, 0.4) is 0 Å². The molecule has 0 unspecified atom stereocenters. The number of benzene rings is 1. The van der Waals surface area contributed by atoms with Gasteiger partial charge in [0.15, 0.2) is 11.2 Å². The minimum absolute atomic E-state index is 0.0452. The van der Waals surface area contributed by atoms with E-state index in [2.05, 4.69) is 21.1 Å². The van der Waals surface area contributed by atoms with Gasteiger partial charge in [0, 0.05) is 26.6 Å². The van der Waals surface area contributed by atoms with Gasteiger partial charge in [0.2, 0.25) is 17.4 Å². The van der Waals surface area contributed by atoms with Gasteiger partial charge >= 0.3 is 12.1 Å². The number of methoxy groups -OCH3 is 1. The number of rotatable bonds is 4. The molecule has 2 fully saturated rings. The molecule has 1 spiro atoms. The molecule has 3 aliphatic rings. The van der Waals surface area contributed by atoms with Crippen LogP contribution in [0.5, 0.6) is 5.88 Å². The Labute approximate surface area is 203 Å². The van der Waals surface area contributed by atoms with Crippen LogP contribution in [0.4, 0.5) is 19.7 Å². The largest absolute Gasteiger partial charge is 0.414 e. The van der Waals surface area contributed by atoms with E-state index in [1.807, 2.05) is 0 Å². The predicted molar refractivity (Wildman–Crippen MR) is 119 cm³/mol. The van der Waals surface area contributed by atoms with Crippen molar-refractivity contribution in [2.75, 3.05) is 31.7 Å². The third-order valence-electron chi connectivity index (χ3n) is 6.70. The van der Waals surface area contributed by atoms with Gasteiger partial charge in [0.05, 0.1) is 35.9 Å². The molecule has 13 nitrogen and oxygen atoms in total. The highest BCUT2D eigenvalue weighted by molar-refractivity contribution is 6.20. The molecule has 0 bridgehead atoms. The molecule has 0 aliphatic carbocycles. The summed E-state index contributed by atoms with van der Waals surface area (Å²) in [5.74, 6) is -2.67. The highest BCUT2D eigenvalue weighted by atomic mass is 19.1. The van der Waals surface area contributed by atoms with E-state index in [-0.39, 0.29) is 60.3 Å². The highest BCUT2D eigenvalue weighted by Crippen LogP contribution is 2.49. The first-order chi connectivity index (χ1) is 17.2. The topological polar surface area (TPSA) is 161 Å². The van der Waals surface area contributed by atoms with E-state index in [9.17, 15) is 19.2 Å². The van der Waals surface area contributed by atoms with Crippen molar-refractivity contribution in [1.29, 1.82) is 0 Å². The number of amides is 5. The normalized spacial score (nSPS) is 24.7. The Balaban J connectivity index is 1.62. The summed E-state index contributed by atoms with van der Waals surface area (Å²) in [7, 11) is 1.47. The van der Waals surface area contributed by atoms with E-state index in [0.717, 1.165) is 0 Å². The average molecular weight is 505 g/mol. The van der Waals surface area contributed by atoms with E-state index in [4.69, 9.17) is 18.7 Å². The molecule has 5 amide bonds. The number of hydrogen-bond donors (Lipinski definition) is 3. The number of anilines is 1. The maximum atomic E-state index is 15.9. The van der Waals surface area contributed by atoms with Crippen molar-refractivity contribution in [3.8, 4) is 5.88 Å². The van der Waals surface area contributed by atoms with Crippen molar-refractivity contribution in [3.05, 3.63) is 17.4 Å². The first kappa shape index (κ1) is 23.9. The van der Waals surface area contributed by atoms with Crippen LogP contribution in [-0.2, 0) is 25.5 Å². The molecule has 3 N–H and O–H groups in total. The lowest BCUT2D eigenvalue weighted by Crippen LogP contribution is -2.75. The number of nitrogens with one attached hydrogen (secondary N) is 3. The number of morpholine rings is 1. The van der Waals surface area contributed by atoms with E-state index in [1.54, 1.807) is 18.7 Å². The van der Waals surface area contributed by atoms with Crippen molar-refractivity contribution in [1.82, 2.24) is 21.1 Å². The van der Waals surface area contributed by atoms with Crippen LogP contribution in [0, 0.1) is 11.2 Å². The predicted octanol–water partition coefficient (Wildman–Crippen LogP) is 0.592. The Morgan fingerprint density at radius 2 is 2.03 bits per heavy atom. The lowest BCUT2D eigenvalue weighted by molar-refractivity contribution is -0.153. The number of nitrogens with zero attached hydrogens (tertiary/aromatic N) is 2. The molecular formula is C22H24FN5O8. The van der Waals surface area contributed by atoms with Crippen LogP contribution in [0.15, 0.2) is 10.6 Å². The zero-order chi connectivity index (χ0) is 25.8. The van der Waals surface area contributed by atoms with Gasteiger partial charge in [-0.1, -0.05) is 0 Å². The van der Waals surface area contributed by atoms with Crippen molar-refractivity contribution < 1.29 is 42.3 Å². The molecule has 3 aliphatic heterocycles. The number of fused-ring (bicyclic) bond motifs is 5. The van der Waals surface area contributed by atoms with Gasteiger partial charge in [-0.3, -0.25) is 20.2 Å². The molecule has 5 rings (SSSR count). The van der Waals surface area contributed by atoms with E-state index >= 15 is 4.39 Å². The average Bonchev–Trinajstić information content (AvgIpc) is 3.19. The molecule has 14 heteroatoms. The van der Waals surface area contributed by atoms with E-state index < -0.39 is 47.3 Å². The van der Waals surface area contributed by atoms with Gasteiger partial charge in [-0.2, -0.15) is 0 Å². The summed E-state index contributed by atoms with van der Waals surface area (Å²) in [5.41, 5.74) is -1.62. The van der Waals surface area contributed by atoms with Crippen LogP contribution in [0.2, 0.25) is 0 Å². The van der Waals surface area contributed by atoms with Crippen LogP contribution >= 0.6 is 0 Å². The fraction of sp³-hybridized carbons (Fsp3) is 0.500. The summed E-state index contributed by atoms with van der Waals surface area (Å²) >= 11 is 0. The summed E-state index contributed by atoms with van der Waals surface area (Å²) in [4.78, 5) is 52.0. The number of ether oxygens (including phenoxy) is 3. The number of barbiturate groups is 1. The molecule has 1 aromatic heterocycles. The molecule has 2 aromatic rings. The zero-order valence-electron chi connectivity index (χ0n) is 19.7. The molecule has 36 heavy (non-hydrogen) atoms. The smallest absolute Gasteiger partial charge is 0.387 e. The van der Waals surface area contributed by atoms with Crippen LogP contribution < -0.4 is 25.6 Å². The van der Waals surface area contributed by atoms with Crippen LogP contribution in [0.1, 0.15) is 19.4 Å². The molecular weight excluding hydrogens is 481 g/mol. The van der Waals surface area contributed by atoms with E-state index in [0.29, 0.717) is 0 Å². The first-order valence-corrected chi connectivity index (χ1v) is 11.3. The van der Waals surface area contributed by atoms with Crippen molar-refractivity contribution in [2.45, 2.75) is 38.5 Å². The second kappa shape index (κ2) is 8.71. The standard InChI is InChI=1S/C22H24FN5O8/c1-9-8-28-14-11(7-22(16(28)10(2)34-9)18(29)25-20(31)26-19(22)30)6-12-15(13(14)23)36-27-17(12)35-21(32)24-4-5-33-3/h6,9-10,16H,4-5,7-8H2,1-3H3,(H,24,32)(H2,25,26,29,30,31)/t9-,10+,16-/m1/s1. The van der Waals surface area contributed by atoms with Gasteiger partial charge in [-0.15, -0.1) is 0 Å². The van der Waals surface area contributed by atoms with Gasteiger partial charge in [0.25, 0.3) is 5.88 Å². The number of carbonyl (C=O) groups excluding carboxylic acids is 4. The molecule has 4 heterocycles. The minimum atomic E-state index is -1.78. The third-order valence-corrected chi connectivity index (χ3v) is 6.70. The first-order valence-electron chi connectivity index (χ1n) is 11.3. The Morgan fingerprint density at radius 3 is 2.72 bits per heavy atom. The Morgan fingerprint density at radius 1 is 1.31 bits per heavy atom. The number of halogens is 1. The maximum absolute atomic E-state index is 15.9. The number of urea groups is 1. The quantitative estimate of drug-likeness (QED) is 0.396. The number of hydrogen-bond acceptors (Lipinski definition) is 10. The molecule has 0 radical (unpaired) electrons. The molecule has 192 valence electrons. The Bertz CT molecular complexity index is 1260. The molecule has 2 saturated heterocycles. The Kier molecular flexibility index (Phi) is 5.79. The van der Waals surface area contributed by atoms with Crippen LogP contribution in [0.25, 0.3) is 11.0 Å². The lowest BCUT2D eigenvalue weighted by atomic mass is 9.66. The van der Waals surface area contributed by atoms with Gasteiger partial charge in [0.1, 0.15) is 0 Å². The summed E-state index contributed by atoms with van der Waals surface area (Å²) in [6.07, 6.45) is -2.10. The van der Waals surface area contributed by atoms with Gasteiger partial charge in [-0.05, 0) is 30.6 Å². The highest BCUT2D eigenvalue weighted by Gasteiger charge is 2.63. The van der Waals surface area contributed by atoms with Gasteiger partial charge in [-0.25, -0.2) is 14.0 Å². The fourth-order valence-electron chi connectivity index (χ4n) is 5.38. The van der Waals surface area contributed by atoms with Crippen molar-refractivity contribution in [3.63, 3.8) is 0 Å². The van der Waals surface area contributed by atoms with Crippen molar-refractivity contribution >= 4 is 40.6 Å². The second-order valence-corrected chi connectivity index (χ2v) is 9.01. The fourth-order valence-corrected chi connectivity index (χ4v) is 5.38. The van der Waals surface area contributed by atoms with Gasteiger partial charge < -0.3 is 29.0 Å². The lowest BCUT2D eigenvalue weighted by Gasteiger charge is -2.55. The maximum Gasteiger partial charge on any atom is 0.414 e. The SMILES string of the molecule is COCCNC(=O)Oc1noc2c(F)c3c(cc12)CC1(C(=O)NC(=O)NC1=O)[C@H]1[C@H](C)O[C@H](C)CN31. The summed E-state index contributed by atoms with van der Waals surface area (Å²) < 4.78 is 37.1. The number of aromatic nitrogens is 1. The zero-order valence-corrected chi connectivity index (χ0v) is 19.7. The minimum Gasteiger partial charge on any atom is -0.387 e. The van der Waals surface area contributed by atoms with Crippen LogP contribution in [-0.4, -0.2) is 74.2 Å². The van der Waals surface area contributed by atoms with E-state index in [1.165, 1.54) is 13.2 Å². The van der Waals surface area contributed by atoms with Crippen molar-refractivity contribution in [2.24, 2.45) is 5.41 Å². The monoisotopic (exact) mass is 505 g/mol. The summed E-state index contributed by atoms with van der Waals surface area (Å²) in [5, 5.41) is 10.5. The third kappa shape index (κ3) is 3.55. The molecule has 3 atom stereocenters.